The van der Waals surface area contributed by atoms with Crippen molar-refractivity contribution in [2.75, 3.05) is 7.11 Å². The van der Waals surface area contributed by atoms with Gasteiger partial charge in [0.1, 0.15) is 11.4 Å². The maximum atomic E-state index is 5.71. The van der Waals surface area contributed by atoms with Crippen LogP contribution in [0.1, 0.15) is 51.0 Å². The third-order valence-electron chi connectivity index (χ3n) is 3.56. The van der Waals surface area contributed by atoms with Gasteiger partial charge in [-0.05, 0) is 25.7 Å². The van der Waals surface area contributed by atoms with Crippen molar-refractivity contribution in [3.8, 4) is 0 Å². The summed E-state index contributed by atoms with van der Waals surface area (Å²) in [5.74, 6) is 0.998. The molecule has 0 amide bonds. The molecule has 0 aliphatic heterocycles. The first-order valence-electron chi connectivity index (χ1n) is 6.49. The number of imidazole rings is 1. The first-order valence-corrected chi connectivity index (χ1v) is 6.49. The number of hydrogen-bond donors (Lipinski definition) is 2. The van der Waals surface area contributed by atoms with Crippen molar-refractivity contribution in [3.05, 3.63) is 17.7 Å². The lowest BCUT2D eigenvalue weighted by molar-refractivity contribution is -0.0157. The first kappa shape index (κ1) is 12.6. The number of aromatic amines is 1. The topological polar surface area (TPSA) is 49.9 Å². The van der Waals surface area contributed by atoms with E-state index in [1.165, 1.54) is 12.8 Å². The van der Waals surface area contributed by atoms with E-state index in [2.05, 4.69) is 29.1 Å². The number of H-pyrrole nitrogens is 1. The lowest BCUT2D eigenvalue weighted by atomic mass is 10.0. The van der Waals surface area contributed by atoms with Gasteiger partial charge in [0.05, 0.1) is 0 Å². The SMILES string of the molecule is COC1(c2ncc(CNC(C)C)[nH]2)CCCC1. The summed E-state index contributed by atoms with van der Waals surface area (Å²) in [6.07, 6.45) is 6.54. The van der Waals surface area contributed by atoms with Crippen LogP contribution in [0, 0.1) is 0 Å². The number of nitrogens with zero attached hydrogens (tertiary/aromatic N) is 1. The van der Waals surface area contributed by atoms with Gasteiger partial charge in [0, 0.05) is 31.6 Å². The normalized spacial score (nSPS) is 19.1. The molecule has 1 heterocycles. The Morgan fingerprint density at radius 3 is 2.76 bits per heavy atom. The summed E-state index contributed by atoms with van der Waals surface area (Å²) in [5.41, 5.74) is 0.979. The van der Waals surface area contributed by atoms with Gasteiger partial charge in [0.15, 0.2) is 0 Å². The minimum atomic E-state index is -0.157. The molecule has 0 bridgehead atoms. The molecule has 4 heteroatoms. The molecule has 1 aliphatic rings. The molecule has 1 fully saturated rings. The van der Waals surface area contributed by atoms with Crippen molar-refractivity contribution >= 4 is 0 Å². The third-order valence-corrected chi connectivity index (χ3v) is 3.56. The number of ether oxygens (including phenoxy) is 1. The van der Waals surface area contributed by atoms with E-state index in [-0.39, 0.29) is 5.60 Å². The molecule has 0 radical (unpaired) electrons. The highest BCUT2D eigenvalue weighted by molar-refractivity contribution is 5.10. The second-order valence-corrected chi connectivity index (χ2v) is 5.20. The Balaban J connectivity index is 2.06. The highest BCUT2D eigenvalue weighted by atomic mass is 16.5. The van der Waals surface area contributed by atoms with Crippen molar-refractivity contribution < 1.29 is 4.74 Å². The van der Waals surface area contributed by atoms with Gasteiger partial charge in [0.2, 0.25) is 0 Å². The van der Waals surface area contributed by atoms with Gasteiger partial charge in [-0.1, -0.05) is 13.8 Å². The van der Waals surface area contributed by atoms with Crippen LogP contribution in [0.3, 0.4) is 0 Å². The van der Waals surface area contributed by atoms with Crippen LogP contribution >= 0.6 is 0 Å². The second-order valence-electron chi connectivity index (χ2n) is 5.20. The number of methoxy groups -OCH3 is 1. The van der Waals surface area contributed by atoms with Crippen LogP contribution in [0.25, 0.3) is 0 Å². The smallest absolute Gasteiger partial charge is 0.138 e. The molecule has 1 saturated carbocycles. The van der Waals surface area contributed by atoms with Gasteiger partial charge in [-0.25, -0.2) is 4.98 Å². The summed E-state index contributed by atoms with van der Waals surface area (Å²) in [6, 6.07) is 0.490. The zero-order valence-corrected chi connectivity index (χ0v) is 11.0. The van der Waals surface area contributed by atoms with E-state index in [1.807, 2.05) is 6.20 Å². The predicted molar refractivity (Wildman–Crippen MR) is 67.7 cm³/mol. The summed E-state index contributed by atoms with van der Waals surface area (Å²) in [6.45, 7) is 5.13. The average Bonchev–Trinajstić information content (AvgIpc) is 2.96. The largest absolute Gasteiger partial charge is 0.370 e. The van der Waals surface area contributed by atoms with E-state index in [0.29, 0.717) is 6.04 Å². The minimum Gasteiger partial charge on any atom is -0.370 e. The number of nitrogens with one attached hydrogen (secondary N) is 2. The molecule has 0 saturated heterocycles. The van der Waals surface area contributed by atoms with Gasteiger partial charge in [-0.15, -0.1) is 0 Å². The van der Waals surface area contributed by atoms with Crippen molar-refractivity contribution in [3.63, 3.8) is 0 Å². The summed E-state index contributed by atoms with van der Waals surface area (Å²) in [4.78, 5) is 7.90. The quantitative estimate of drug-likeness (QED) is 0.826. The number of rotatable bonds is 5. The standard InChI is InChI=1S/C13H23N3O/c1-10(2)14-8-11-9-15-12(16-11)13(17-3)6-4-5-7-13/h9-10,14H,4-8H2,1-3H3,(H,15,16). The van der Waals surface area contributed by atoms with E-state index in [0.717, 1.165) is 30.9 Å². The zero-order valence-electron chi connectivity index (χ0n) is 11.0. The molecular formula is C13H23N3O. The van der Waals surface area contributed by atoms with Gasteiger partial charge < -0.3 is 15.0 Å². The Labute approximate surface area is 103 Å². The molecule has 1 aromatic heterocycles. The van der Waals surface area contributed by atoms with Crippen LogP contribution in [-0.2, 0) is 16.9 Å². The van der Waals surface area contributed by atoms with E-state index < -0.39 is 0 Å². The van der Waals surface area contributed by atoms with Gasteiger partial charge >= 0.3 is 0 Å². The Bertz CT molecular complexity index is 353. The van der Waals surface area contributed by atoms with Crippen LogP contribution in [0.5, 0.6) is 0 Å². The Hall–Kier alpha value is -0.870. The highest BCUT2D eigenvalue weighted by Gasteiger charge is 2.38. The van der Waals surface area contributed by atoms with Crippen LogP contribution in [0.2, 0.25) is 0 Å². The van der Waals surface area contributed by atoms with Crippen molar-refractivity contribution in [1.29, 1.82) is 0 Å². The van der Waals surface area contributed by atoms with Gasteiger partial charge in [-0.2, -0.15) is 0 Å². The lowest BCUT2D eigenvalue weighted by Gasteiger charge is -2.24. The average molecular weight is 237 g/mol. The lowest BCUT2D eigenvalue weighted by Crippen LogP contribution is -2.26. The molecule has 2 N–H and O–H groups in total. The van der Waals surface area contributed by atoms with Gasteiger partial charge in [0.25, 0.3) is 0 Å². The molecule has 0 atom stereocenters. The van der Waals surface area contributed by atoms with Crippen molar-refractivity contribution in [2.24, 2.45) is 0 Å². The van der Waals surface area contributed by atoms with E-state index in [4.69, 9.17) is 4.74 Å². The fourth-order valence-electron chi connectivity index (χ4n) is 2.48. The third kappa shape index (κ3) is 2.69. The number of aromatic nitrogens is 2. The highest BCUT2D eigenvalue weighted by Crippen LogP contribution is 2.39. The molecule has 17 heavy (non-hydrogen) atoms. The summed E-state index contributed by atoms with van der Waals surface area (Å²) in [7, 11) is 1.79. The summed E-state index contributed by atoms with van der Waals surface area (Å²) < 4.78 is 5.71. The van der Waals surface area contributed by atoms with E-state index >= 15 is 0 Å². The van der Waals surface area contributed by atoms with Crippen LogP contribution in [0.15, 0.2) is 6.20 Å². The second kappa shape index (κ2) is 5.19. The van der Waals surface area contributed by atoms with E-state index in [9.17, 15) is 0 Å². The Morgan fingerprint density at radius 2 is 2.18 bits per heavy atom. The fourth-order valence-corrected chi connectivity index (χ4v) is 2.48. The molecule has 2 rings (SSSR count). The first-order chi connectivity index (χ1) is 8.16. The van der Waals surface area contributed by atoms with Gasteiger partial charge in [-0.3, -0.25) is 0 Å². The number of hydrogen-bond acceptors (Lipinski definition) is 3. The fraction of sp³-hybridized carbons (Fsp3) is 0.769. The summed E-state index contributed by atoms with van der Waals surface area (Å²) in [5, 5.41) is 3.38. The monoisotopic (exact) mass is 237 g/mol. The molecule has 0 aromatic carbocycles. The van der Waals surface area contributed by atoms with Crippen LogP contribution < -0.4 is 5.32 Å². The minimum absolute atomic E-state index is 0.157. The Kier molecular flexibility index (Phi) is 3.84. The maximum absolute atomic E-state index is 5.71. The molecule has 1 aliphatic carbocycles. The van der Waals surface area contributed by atoms with Crippen molar-refractivity contribution in [2.45, 2.75) is 57.7 Å². The molecule has 0 spiro atoms. The zero-order chi connectivity index (χ0) is 12.3. The van der Waals surface area contributed by atoms with Crippen molar-refractivity contribution in [1.82, 2.24) is 15.3 Å². The summed E-state index contributed by atoms with van der Waals surface area (Å²) >= 11 is 0. The molecule has 1 aromatic rings. The Morgan fingerprint density at radius 1 is 1.47 bits per heavy atom. The van der Waals surface area contributed by atoms with E-state index in [1.54, 1.807) is 7.11 Å². The van der Waals surface area contributed by atoms with Crippen LogP contribution in [0.4, 0.5) is 0 Å². The molecule has 4 nitrogen and oxygen atoms in total. The predicted octanol–water partition coefficient (Wildman–Crippen LogP) is 2.32. The molecule has 0 unspecified atom stereocenters. The maximum Gasteiger partial charge on any atom is 0.138 e. The van der Waals surface area contributed by atoms with Crippen LogP contribution in [-0.4, -0.2) is 23.1 Å². The molecule has 96 valence electrons. The molecular weight excluding hydrogens is 214 g/mol.